The second-order valence-electron chi connectivity index (χ2n) is 7.78. The molecule has 0 unspecified atom stereocenters. The molecule has 0 fully saturated rings. The highest BCUT2D eigenvalue weighted by Gasteiger charge is 2.18. The number of nitrogens with two attached hydrogens (primary N) is 1. The number of aryl methyl sites for hydroxylation is 2. The van der Waals surface area contributed by atoms with E-state index in [2.05, 4.69) is 16.4 Å². The minimum Gasteiger partial charge on any atom is -0.496 e. The number of benzene rings is 3. The van der Waals surface area contributed by atoms with Crippen LogP contribution >= 0.6 is 0 Å². The van der Waals surface area contributed by atoms with Gasteiger partial charge in [0.05, 0.1) is 35.7 Å². The van der Waals surface area contributed by atoms with E-state index < -0.39 is 0 Å². The Morgan fingerprint density at radius 2 is 1.71 bits per heavy atom. The number of methoxy groups -OCH3 is 1. The molecule has 0 bridgehead atoms. The van der Waals surface area contributed by atoms with Crippen molar-refractivity contribution < 1.29 is 4.74 Å². The van der Waals surface area contributed by atoms with E-state index >= 15 is 0 Å². The number of nitrogen functional groups attached to an aromatic ring is 1. The van der Waals surface area contributed by atoms with Gasteiger partial charge in [0, 0.05) is 17.3 Å². The van der Waals surface area contributed by atoms with Crippen molar-refractivity contribution in [2.45, 2.75) is 13.8 Å². The Morgan fingerprint density at radius 1 is 1.00 bits per heavy atom. The van der Waals surface area contributed by atoms with Gasteiger partial charge in [-0.1, -0.05) is 12.1 Å². The number of fused-ring (bicyclic) bond motifs is 1. The molecule has 3 N–H and O–H groups in total. The molecule has 4 aromatic rings. The summed E-state index contributed by atoms with van der Waals surface area (Å²) in [5, 5.41) is 21.7. The number of hydrogen-bond acceptors (Lipinski definition) is 7. The van der Waals surface area contributed by atoms with Crippen LogP contribution in [0.2, 0.25) is 0 Å². The third-order valence-corrected chi connectivity index (χ3v) is 5.50. The Balaban J connectivity index is 1.90. The number of nitrogens with zero attached hydrogens (tertiary/aromatic N) is 4. The summed E-state index contributed by atoms with van der Waals surface area (Å²) < 4.78 is 5.56. The quantitative estimate of drug-likeness (QED) is 0.380. The topological polar surface area (TPSA) is 121 Å². The van der Waals surface area contributed by atoms with Crippen molar-refractivity contribution in [2.24, 2.45) is 0 Å². The molecule has 1 heterocycles. The summed E-state index contributed by atoms with van der Waals surface area (Å²) in [4.78, 5) is 9.25. The van der Waals surface area contributed by atoms with Gasteiger partial charge in [-0.3, -0.25) is 0 Å². The molecule has 3 aromatic carbocycles. The van der Waals surface area contributed by atoms with Crippen LogP contribution in [0.25, 0.3) is 28.1 Å². The van der Waals surface area contributed by atoms with Crippen LogP contribution in [0.3, 0.4) is 0 Å². The zero-order valence-electron chi connectivity index (χ0n) is 19.0. The number of nitrogens with one attached hydrogen (secondary N) is 1. The fourth-order valence-electron chi connectivity index (χ4n) is 4.07. The van der Waals surface area contributed by atoms with Gasteiger partial charge in [0.1, 0.15) is 11.6 Å². The molecule has 0 atom stereocenters. The summed E-state index contributed by atoms with van der Waals surface area (Å²) in [7, 11) is 1.59. The second kappa shape index (κ2) is 9.32. The maximum Gasteiger partial charge on any atom is 0.229 e. The first-order valence-electron chi connectivity index (χ1n) is 10.5. The Hall–Kier alpha value is -4.88. The molecule has 166 valence electrons. The third kappa shape index (κ3) is 4.23. The van der Waals surface area contributed by atoms with Crippen molar-refractivity contribution in [1.29, 1.82) is 10.5 Å². The Kier molecular flexibility index (Phi) is 6.11. The van der Waals surface area contributed by atoms with Gasteiger partial charge in [-0.15, -0.1) is 0 Å². The van der Waals surface area contributed by atoms with Gasteiger partial charge >= 0.3 is 0 Å². The first-order chi connectivity index (χ1) is 16.4. The van der Waals surface area contributed by atoms with Gasteiger partial charge in [0.25, 0.3) is 0 Å². The van der Waals surface area contributed by atoms with Gasteiger partial charge in [-0.2, -0.15) is 15.5 Å². The van der Waals surface area contributed by atoms with Crippen LogP contribution in [-0.2, 0) is 0 Å². The smallest absolute Gasteiger partial charge is 0.229 e. The number of ether oxygens (including phenoxy) is 1. The average Bonchev–Trinajstić information content (AvgIpc) is 2.83. The van der Waals surface area contributed by atoms with Gasteiger partial charge in [0.2, 0.25) is 5.95 Å². The molecule has 0 radical (unpaired) electrons. The average molecular weight is 447 g/mol. The number of aromatic nitrogens is 2. The van der Waals surface area contributed by atoms with Crippen LogP contribution in [-0.4, -0.2) is 17.1 Å². The predicted molar refractivity (Wildman–Crippen MR) is 134 cm³/mol. The summed E-state index contributed by atoms with van der Waals surface area (Å²) >= 11 is 0. The first kappa shape index (κ1) is 22.3. The minimum atomic E-state index is 0.295. The molecule has 0 spiro atoms. The highest BCUT2D eigenvalue weighted by molar-refractivity contribution is 6.04. The fraction of sp³-hybridized carbons (Fsp3) is 0.111. The van der Waals surface area contributed by atoms with Crippen LogP contribution in [0.1, 0.15) is 22.3 Å². The number of hydrogen-bond donors (Lipinski definition) is 2. The molecular formula is C27H22N6O. The van der Waals surface area contributed by atoms with E-state index in [1.807, 2.05) is 44.2 Å². The molecule has 7 nitrogen and oxygen atoms in total. The Morgan fingerprint density at radius 3 is 2.32 bits per heavy atom. The monoisotopic (exact) mass is 446 g/mol. The molecule has 1 aromatic heterocycles. The molecule has 34 heavy (non-hydrogen) atoms. The van der Waals surface area contributed by atoms with Crippen LogP contribution in [0, 0.1) is 36.5 Å². The highest BCUT2D eigenvalue weighted by Crippen LogP contribution is 2.39. The standard InChI is InChI=1S/C27H22N6O/c1-16-13-19(5-4-12-28)14-17(2)23(16)21-10-11-22(34-3)24-25(21)32-27(33-26(24)30)31-20-8-6-18(15-29)7-9-20/h4-11,13-14H,1-3H3,(H3,30,31,32,33). The summed E-state index contributed by atoms with van der Waals surface area (Å²) in [6.45, 7) is 4.06. The zero-order chi connectivity index (χ0) is 24.2. The van der Waals surface area contributed by atoms with Crippen molar-refractivity contribution in [3.63, 3.8) is 0 Å². The summed E-state index contributed by atoms with van der Waals surface area (Å²) in [5.41, 5.74) is 13.3. The lowest BCUT2D eigenvalue weighted by Crippen LogP contribution is -2.04. The first-order valence-corrected chi connectivity index (χ1v) is 10.5. The van der Waals surface area contributed by atoms with E-state index in [0.29, 0.717) is 34.0 Å². The molecule has 0 amide bonds. The van der Waals surface area contributed by atoms with Crippen LogP contribution in [0.4, 0.5) is 17.5 Å². The number of rotatable bonds is 5. The van der Waals surface area contributed by atoms with Gasteiger partial charge < -0.3 is 15.8 Å². The fourth-order valence-corrected chi connectivity index (χ4v) is 4.07. The number of allylic oxidation sites excluding steroid dienone is 1. The lowest BCUT2D eigenvalue weighted by molar-refractivity contribution is 0.420. The van der Waals surface area contributed by atoms with E-state index in [9.17, 15) is 0 Å². The third-order valence-electron chi connectivity index (χ3n) is 5.50. The van der Waals surface area contributed by atoms with E-state index in [-0.39, 0.29) is 0 Å². The van der Waals surface area contributed by atoms with E-state index in [4.69, 9.17) is 26.0 Å². The minimum absolute atomic E-state index is 0.295. The lowest BCUT2D eigenvalue weighted by Gasteiger charge is -2.17. The SMILES string of the molecule is COc1ccc(-c2c(C)cc(C=CC#N)cc2C)c2nc(Nc3ccc(C#N)cc3)nc(N)c12. The van der Waals surface area contributed by atoms with Crippen molar-refractivity contribution in [1.82, 2.24) is 9.97 Å². The predicted octanol–water partition coefficient (Wildman–Crippen LogP) is 5.66. The molecule has 0 aliphatic rings. The van der Waals surface area contributed by atoms with Crippen LogP contribution in [0.15, 0.2) is 54.6 Å². The van der Waals surface area contributed by atoms with E-state index in [0.717, 1.165) is 33.5 Å². The summed E-state index contributed by atoms with van der Waals surface area (Å²) in [6.07, 6.45) is 3.25. The second-order valence-corrected chi connectivity index (χ2v) is 7.78. The Labute approximate surface area is 197 Å². The summed E-state index contributed by atoms with van der Waals surface area (Å²) in [5.74, 6) is 1.22. The number of anilines is 3. The molecule has 7 heteroatoms. The van der Waals surface area contributed by atoms with Crippen molar-refractivity contribution in [3.05, 3.63) is 76.9 Å². The van der Waals surface area contributed by atoms with Crippen LogP contribution < -0.4 is 15.8 Å². The molecule has 0 aliphatic carbocycles. The van der Waals surface area contributed by atoms with Crippen molar-refractivity contribution in [3.8, 4) is 29.0 Å². The molecule has 0 aliphatic heterocycles. The maximum absolute atomic E-state index is 9.02. The van der Waals surface area contributed by atoms with Gasteiger partial charge in [-0.25, -0.2) is 4.98 Å². The lowest BCUT2D eigenvalue weighted by atomic mass is 9.91. The molecule has 4 rings (SSSR count). The normalized spacial score (nSPS) is 10.7. The summed E-state index contributed by atoms with van der Waals surface area (Å²) in [6, 6.07) is 19.1. The van der Waals surface area contributed by atoms with Gasteiger partial charge in [0.15, 0.2) is 0 Å². The van der Waals surface area contributed by atoms with Gasteiger partial charge in [-0.05, 0) is 78.6 Å². The molecule has 0 saturated heterocycles. The van der Waals surface area contributed by atoms with E-state index in [1.54, 1.807) is 37.5 Å². The largest absolute Gasteiger partial charge is 0.496 e. The van der Waals surface area contributed by atoms with E-state index in [1.165, 1.54) is 6.08 Å². The zero-order valence-corrected chi connectivity index (χ0v) is 19.0. The van der Waals surface area contributed by atoms with Crippen molar-refractivity contribution >= 4 is 34.4 Å². The van der Waals surface area contributed by atoms with Crippen LogP contribution in [0.5, 0.6) is 5.75 Å². The highest BCUT2D eigenvalue weighted by atomic mass is 16.5. The van der Waals surface area contributed by atoms with Crippen molar-refractivity contribution in [2.75, 3.05) is 18.2 Å². The molecular weight excluding hydrogens is 424 g/mol. The molecule has 0 saturated carbocycles. The Bertz CT molecular complexity index is 1480. The number of nitriles is 2. The maximum atomic E-state index is 9.02.